The number of amides is 2. The number of hydrogen-bond donors (Lipinski definition) is 3. The summed E-state index contributed by atoms with van der Waals surface area (Å²) in [7, 11) is 0. The number of aryl methyl sites for hydroxylation is 1. The molecule has 3 rings (SSSR count). The highest BCUT2D eigenvalue weighted by atomic mass is 16.5. The Labute approximate surface area is 195 Å². The summed E-state index contributed by atoms with van der Waals surface area (Å²) in [4.78, 5) is 24.4. The molecule has 2 amide bonds. The molecule has 6 heteroatoms. The maximum Gasteiger partial charge on any atom is 0.251 e. The summed E-state index contributed by atoms with van der Waals surface area (Å²) in [5.74, 6) is 0.400. The number of rotatable bonds is 11. The minimum atomic E-state index is -0.187. The standard InChI is InChI=1S/C27H31N3O3/c1-20(2)29-27(32)22-14-16-23(17-15-22)30-26(31)19-28-24-12-6-7-13-25(24)33-18-8-11-21-9-4-3-5-10-21/h3-7,9-10,12-17,20,28H,8,11,18-19H2,1-2H3,(H,29,32)(H,30,31). The van der Waals surface area contributed by atoms with E-state index in [0.717, 1.165) is 24.3 Å². The largest absolute Gasteiger partial charge is 0.491 e. The van der Waals surface area contributed by atoms with Crippen molar-refractivity contribution in [1.29, 1.82) is 0 Å². The van der Waals surface area contributed by atoms with Gasteiger partial charge < -0.3 is 20.7 Å². The van der Waals surface area contributed by atoms with Crippen LogP contribution in [0.2, 0.25) is 0 Å². The van der Waals surface area contributed by atoms with E-state index in [-0.39, 0.29) is 24.4 Å². The Balaban J connectivity index is 1.45. The molecule has 3 aromatic carbocycles. The first-order valence-electron chi connectivity index (χ1n) is 11.2. The molecular weight excluding hydrogens is 414 g/mol. The van der Waals surface area contributed by atoms with Crippen molar-refractivity contribution in [3.8, 4) is 5.75 Å². The van der Waals surface area contributed by atoms with Crippen LogP contribution in [0.5, 0.6) is 5.75 Å². The molecule has 0 atom stereocenters. The molecule has 33 heavy (non-hydrogen) atoms. The molecule has 0 aliphatic rings. The van der Waals surface area contributed by atoms with E-state index in [2.05, 4.69) is 28.1 Å². The van der Waals surface area contributed by atoms with Gasteiger partial charge in [-0.1, -0.05) is 42.5 Å². The molecule has 0 radical (unpaired) electrons. The summed E-state index contributed by atoms with van der Waals surface area (Å²) in [6, 6.07) is 24.8. The minimum Gasteiger partial charge on any atom is -0.491 e. The van der Waals surface area contributed by atoms with Gasteiger partial charge in [0.1, 0.15) is 5.75 Å². The topological polar surface area (TPSA) is 79.5 Å². The van der Waals surface area contributed by atoms with Gasteiger partial charge in [0.05, 0.1) is 18.8 Å². The van der Waals surface area contributed by atoms with Gasteiger partial charge in [-0.2, -0.15) is 0 Å². The zero-order valence-corrected chi connectivity index (χ0v) is 19.1. The second-order valence-corrected chi connectivity index (χ2v) is 8.04. The van der Waals surface area contributed by atoms with Gasteiger partial charge in [0, 0.05) is 17.3 Å². The number of carbonyl (C=O) groups excluding carboxylic acids is 2. The maximum absolute atomic E-state index is 12.4. The van der Waals surface area contributed by atoms with Crippen molar-refractivity contribution in [2.45, 2.75) is 32.7 Å². The number of benzene rings is 3. The van der Waals surface area contributed by atoms with Crippen molar-refractivity contribution < 1.29 is 14.3 Å². The van der Waals surface area contributed by atoms with Crippen molar-refractivity contribution in [3.63, 3.8) is 0 Å². The van der Waals surface area contributed by atoms with Crippen LogP contribution in [-0.2, 0) is 11.2 Å². The van der Waals surface area contributed by atoms with E-state index in [9.17, 15) is 9.59 Å². The van der Waals surface area contributed by atoms with Crippen LogP contribution in [0.4, 0.5) is 11.4 Å². The van der Waals surface area contributed by atoms with E-state index in [4.69, 9.17) is 4.74 Å². The lowest BCUT2D eigenvalue weighted by Crippen LogP contribution is -2.30. The number of anilines is 2. The van der Waals surface area contributed by atoms with Crippen LogP contribution in [0.15, 0.2) is 78.9 Å². The monoisotopic (exact) mass is 445 g/mol. The second kappa shape index (κ2) is 12.3. The first-order valence-corrected chi connectivity index (χ1v) is 11.2. The fourth-order valence-electron chi connectivity index (χ4n) is 3.27. The van der Waals surface area contributed by atoms with Crippen molar-refractivity contribution in [2.24, 2.45) is 0 Å². The predicted octanol–water partition coefficient (Wildman–Crippen LogP) is 4.89. The third-order valence-electron chi connectivity index (χ3n) is 4.89. The lowest BCUT2D eigenvalue weighted by atomic mass is 10.1. The lowest BCUT2D eigenvalue weighted by molar-refractivity contribution is -0.114. The summed E-state index contributed by atoms with van der Waals surface area (Å²) in [5.41, 5.74) is 3.25. The van der Waals surface area contributed by atoms with Crippen molar-refractivity contribution >= 4 is 23.2 Å². The van der Waals surface area contributed by atoms with E-state index >= 15 is 0 Å². The molecule has 0 saturated carbocycles. The van der Waals surface area contributed by atoms with Crippen LogP contribution >= 0.6 is 0 Å². The van der Waals surface area contributed by atoms with Crippen molar-refractivity contribution in [1.82, 2.24) is 5.32 Å². The Bertz CT molecular complexity index is 1030. The average Bonchev–Trinajstić information content (AvgIpc) is 2.82. The Morgan fingerprint density at radius 1 is 0.879 bits per heavy atom. The quantitative estimate of drug-likeness (QED) is 0.367. The van der Waals surface area contributed by atoms with E-state index in [0.29, 0.717) is 17.9 Å². The number of nitrogens with one attached hydrogen (secondary N) is 3. The molecular formula is C27H31N3O3. The molecule has 6 nitrogen and oxygen atoms in total. The summed E-state index contributed by atoms with van der Waals surface area (Å²) in [6.45, 7) is 4.51. The fourth-order valence-corrected chi connectivity index (χ4v) is 3.27. The molecule has 0 bridgehead atoms. The molecule has 0 aromatic heterocycles. The second-order valence-electron chi connectivity index (χ2n) is 8.04. The highest BCUT2D eigenvalue weighted by Crippen LogP contribution is 2.24. The smallest absolute Gasteiger partial charge is 0.251 e. The van der Waals surface area contributed by atoms with Gasteiger partial charge >= 0.3 is 0 Å². The zero-order valence-electron chi connectivity index (χ0n) is 19.1. The van der Waals surface area contributed by atoms with Crippen LogP contribution in [0.1, 0.15) is 36.2 Å². The summed E-state index contributed by atoms with van der Waals surface area (Å²) >= 11 is 0. The van der Waals surface area contributed by atoms with Gasteiger partial charge in [0.15, 0.2) is 0 Å². The molecule has 3 aromatic rings. The lowest BCUT2D eigenvalue weighted by Gasteiger charge is -2.13. The Hall–Kier alpha value is -3.80. The first kappa shape index (κ1) is 23.9. The number of hydrogen-bond acceptors (Lipinski definition) is 4. The number of ether oxygens (including phenoxy) is 1. The molecule has 0 fully saturated rings. The molecule has 0 heterocycles. The average molecular weight is 446 g/mol. The third kappa shape index (κ3) is 8.00. The highest BCUT2D eigenvalue weighted by molar-refractivity contribution is 5.96. The Morgan fingerprint density at radius 2 is 1.58 bits per heavy atom. The Morgan fingerprint density at radius 3 is 2.30 bits per heavy atom. The summed E-state index contributed by atoms with van der Waals surface area (Å²) in [5, 5.41) is 8.82. The molecule has 0 unspecified atom stereocenters. The molecule has 0 spiro atoms. The number of para-hydroxylation sites is 2. The maximum atomic E-state index is 12.4. The van der Waals surface area contributed by atoms with Crippen LogP contribution in [0.3, 0.4) is 0 Å². The van der Waals surface area contributed by atoms with Gasteiger partial charge in [0.2, 0.25) is 5.91 Å². The van der Waals surface area contributed by atoms with Crippen LogP contribution in [0.25, 0.3) is 0 Å². The summed E-state index contributed by atoms with van der Waals surface area (Å²) in [6.07, 6.45) is 1.86. The van der Waals surface area contributed by atoms with Gasteiger partial charge in [0.25, 0.3) is 5.91 Å². The zero-order chi connectivity index (χ0) is 23.5. The van der Waals surface area contributed by atoms with Crippen LogP contribution < -0.4 is 20.7 Å². The normalized spacial score (nSPS) is 10.5. The molecule has 0 saturated heterocycles. The van der Waals surface area contributed by atoms with Gasteiger partial charge in [-0.05, 0) is 68.7 Å². The Kier molecular flexibility index (Phi) is 8.88. The fraction of sp³-hybridized carbons (Fsp3) is 0.259. The first-order chi connectivity index (χ1) is 16.0. The van der Waals surface area contributed by atoms with Gasteiger partial charge in [-0.15, -0.1) is 0 Å². The molecule has 172 valence electrons. The molecule has 3 N–H and O–H groups in total. The predicted molar refractivity (Wildman–Crippen MR) is 133 cm³/mol. The van der Waals surface area contributed by atoms with Gasteiger partial charge in [-0.3, -0.25) is 9.59 Å². The van der Waals surface area contributed by atoms with Crippen LogP contribution in [-0.4, -0.2) is 31.0 Å². The van der Waals surface area contributed by atoms with E-state index in [1.165, 1.54) is 5.56 Å². The highest BCUT2D eigenvalue weighted by Gasteiger charge is 2.09. The minimum absolute atomic E-state index is 0.0682. The summed E-state index contributed by atoms with van der Waals surface area (Å²) < 4.78 is 5.94. The van der Waals surface area contributed by atoms with Gasteiger partial charge in [-0.25, -0.2) is 0 Å². The van der Waals surface area contributed by atoms with Crippen molar-refractivity contribution in [2.75, 3.05) is 23.8 Å². The molecule has 0 aliphatic heterocycles. The number of carbonyl (C=O) groups is 2. The van der Waals surface area contributed by atoms with Crippen LogP contribution in [0, 0.1) is 0 Å². The van der Waals surface area contributed by atoms with E-state index in [1.807, 2.05) is 56.3 Å². The van der Waals surface area contributed by atoms with Crippen molar-refractivity contribution in [3.05, 3.63) is 90.0 Å². The molecule has 0 aliphatic carbocycles. The van der Waals surface area contributed by atoms with E-state index < -0.39 is 0 Å². The van der Waals surface area contributed by atoms with E-state index in [1.54, 1.807) is 24.3 Å². The SMILES string of the molecule is CC(C)NC(=O)c1ccc(NC(=O)CNc2ccccc2OCCCc2ccccc2)cc1. The third-order valence-corrected chi connectivity index (χ3v) is 4.89.